The molecule has 0 bridgehead atoms. The zero-order valence-corrected chi connectivity index (χ0v) is 13.1. The second-order valence-electron chi connectivity index (χ2n) is 5.32. The number of halogens is 2. The van der Waals surface area contributed by atoms with E-state index in [1.54, 1.807) is 6.07 Å². The van der Waals surface area contributed by atoms with Crippen LogP contribution in [-0.4, -0.2) is 6.04 Å². The molecule has 2 aromatic carbocycles. The normalized spacial score (nSPS) is 13.8. The van der Waals surface area contributed by atoms with Crippen LogP contribution in [0, 0.1) is 19.7 Å². The molecule has 2 N–H and O–H groups in total. The summed E-state index contributed by atoms with van der Waals surface area (Å²) < 4.78 is 19.4. The summed E-state index contributed by atoms with van der Waals surface area (Å²) in [6.45, 7) is 5.68. The van der Waals surface area contributed by atoms with Crippen LogP contribution < -0.4 is 10.5 Å². The topological polar surface area (TPSA) is 35.2 Å². The summed E-state index contributed by atoms with van der Waals surface area (Å²) in [6, 6.07) is 9.77. The average Bonchev–Trinajstić information content (AvgIpc) is 2.41. The van der Waals surface area contributed by atoms with E-state index in [1.165, 1.54) is 12.1 Å². The Hall–Kier alpha value is -1.58. The first-order chi connectivity index (χ1) is 9.88. The molecule has 0 fully saturated rings. The molecule has 0 heterocycles. The van der Waals surface area contributed by atoms with Crippen molar-refractivity contribution in [3.05, 3.63) is 63.9 Å². The molecule has 2 rings (SSSR count). The molecule has 0 aliphatic heterocycles. The molecule has 4 heteroatoms. The third-order valence-electron chi connectivity index (χ3n) is 3.33. The highest BCUT2D eigenvalue weighted by molar-refractivity contribution is 6.32. The Labute approximate surface area is 129 Å². The molecule has 0 aliphatic carbocycles. The van der Waals surface area contributed by atoms with E-state index in [2.05, 4.69) is 0 Å². The lowest BCUT2D eigenvalue weighted by Crippen LogP contribution is -2.29. The van der Waals surface area contributed by atoms with Gasteiger partial charge in [-0.1, -0.05) is 23.7 Å². The minimum absolute atomic E-state index is 0.275. The fourth-order valence-electron chi connectivity index (χ4n) is 2.28. The van der Waals surface area contributed by atoms with Crippen LogP contribution in [0.2, 0.25) is 5.02 Å². The largest absolute Gasteiger partial charge is 0.484 e. The molecule has 2 aromatic rings. The molecule has 0 spiro atoms. The molecule has 0 saturated heterocycles. The number of hydrogen-bond donors (Lipinski definition) is 1. The van der Waals surface area contributed by atoms with Crippen molar-refractivity contribution < 1.29 is 9.13 Å². The van der Waals surface area contributed by atoms with Crippen molar-refractivity contribution in [2.45, 2.75) is 32.9 Å². The van der Waals surface area contributed by atoms with E-state index in [-0.39, 0.29) is 11.9 Å². The van der Waals surface area contributed by atoms with Gasteiger partial charge in [-0.2, -0.15) is 0 Å². The zero-order valence-electron chi connectivity index (χ0n) is 12.4. The fourth-order valence-corrected chi connectivity index (χ4v) is 2.39. The van der Waals surface area contributed by atoms with Crippen LogP contribution in [0.5, 0.6) is 5.75 Å². The van der Waals surface area contributed by atoms with Crippen LogP contribution in [0.3, 0.4) is 0 Å². The van der Waals surface area contributed by atoms with Gasteiger partial charge in [0.2, 0.25) is 0 Å². The van der Waals surface area contributed by atoms with E-state index < -0.39 is 6.10 Å². The standard InChI is InChI=1S/C17H19ClFNO/c1-10-7-15(8-11(2)16(10)18)21-17(12(3)20)13-5-4-6-14(19)9-13/h4-9,12,17H,20H2,1-3H3. The Balaban J connectivity index is 2.33. The van der Waals surface area contributed by atoms with Gasteiger partial charge in [0.05, 0.1) is 0 Å². The quantitative estimate of drug-likeness (QED) is 0.898. The Kier molecular flexibility index (Phi) is 4.86. The SMILES string of the molecule is Cc1cc(OC(c2cccc(F)c2)C(C)N)cc(C)c1Cl. The first-order valence-corrected chi connectivity index (χ1v) is 7.20. The lowest BCUT2D eigenvalue weighted by atomic mass is 10.0. The zero-order chi connectivity index (χ0) is 15.6. The third kappa shape index (κ3) is 3.74. The van der Waals surface area contributed by atoms with E-state index in [1.807, 2.05) is 39.0 Å². The summed E-state index contributed by atoms with van der Waals surface area (Å²) in [4.78, 5) is 0. The molecular formula is C17H19ClFNO. The Morgan fingerprint density at radius 2 is 1.76 bits per heavy atom. The number of ether oxygens (including phenoxy) is 1. The van der Waals surface area contributed by atoms with Crippen LogP contribution in [0.25, 0.3) is 0 Å². The van der Waals surface area contributed by atoms with Crippen molar-refractivity contribution in [3.63, 3.8) is 0 Å². The van der Waals surface area contributed by atoms with E-state index in [4.69, 9.17) is 22.1 Å². The minimum Gasteiger partial charge on any atom is -0.484 e. The van der Waals surface area contributed by atoms with E-state index in [0.29, 0.717) is 5.75 Å². The van der Waals surface area contributed by atoms with Crippen molar-refractivity contribution in [3.8, 4) is 5.75 Å². The minimum atomic E-state index is -0.416. The molecule has 112 valence electrons. The number of hydrogen-bond acceptors (Lipinski definition) is 2. The molecule has 0 aromatic heterocycles. The van der Waals surface area contributed by atoms with Gasteiger partial charge in [-0.15, -0.1) is 0 Å². The molecule has 21 heavy (non-hydrogen) atoms. The first-order valence-electron chi connectivity index (χ1n) is 6.83. The lowest BCUT2D eigenvalue weighted by molar-refractivity contribution is 0.180. The molecule has 0 radical (unpaired) electrons. The van der Waals surface area contributed by atoms with E-state index in [0.717, 1.165) is 21.7 Å². The molecule has 0 saturated carbocycles. The van der Waals surface area contributed by atoms with E-state index in [9.17, 15) is 4.39 Å². The molecule has 2 atom stereocenters. The molecular weight excluding hydrogens is 289 g/mol. The number of benzene rings is 2. The smallest absolute Gasteiger partial charge is 0.139 e. The summed E-state index contributed by atoms with van der Waals surface area (Å²) in [7, 11) is 0. The van der Waals surface area contributed by atoms with Crippen molar-refractivity contribution in [1.29, 1.82) is 0 Å². The van der Waals surface area contributed by atoms with Crippen molar-refractivity contribution in [2.75, 3.05) is 0 Å². The molecule has 2 nitrogen and oxygen atoms in total. The summed E-state index contributed by atoms with van der Waals surface area (Å²) >= 11 is 6.16. The van der Waals surface area contributed by atoms with Gasteiger partial charge in [-0.05, 0) is 61.7 Å². The van der Waals surface area contributed by atoms with Gasteiger partial charge in [0.1, 0.15) is 17.7 Å². The van der Waals surface area contributed by atoms with Crippen LogP contribution in [0.15, 0.2) is 36.4 Å². The van der Waals surface area contributed by atoms with Crippen LogP contribution in [0.1, 0.15) is 29.7 Å². The van der Waals surface area contributed by atoms with Crippen LogP contribution in [0.4, 0.5) is 4.39 Å². The van der Waals surface area contributed by atoms with Crippen molar-refractivity contribution in [1.82, 2.24) is 0 Å². The Morgan fingerprint density at radius 1 is 1.14 bits per heavy atom. The van der Waals surface area contributed by atoms with Crippen molar-refractivity contribution >= 4 is 11.6 Å². The predicted octanol–water partition coefficient (Wildman–Crippen LogP) is 4.56. The highest BCUT2D eigenvalue weighted by atomic mass is 35.5. The number of aryl methyl sites for hydroxylation is 2. The second-order valence-corrected chi connectivity index (χ2v) is 5.70. The van der Waals surface area contributed by atoms with Crippen molar-refractivity contribution in [2.24, 2.45) is 5.73 Å². The van der Waals surface area contributed by atoms with Gasteiger partial charge in [-0.3, -0.25) is 0 Å². The molecule has 2 unspecified atom stereocenters. The van der Waals surface area contributed by atoms with Gasteiger partial charge in [-0.25, -0.2) is 4.39 Å². The Bertz CT molecular complexity index is 619. The summed E-state index contributed by atoms with van der Waals surface area (Å²) in [5.41, 5.74) is 8.60. The summed E-state index contributed by atoms with van der Waals surface area (Å²) in [5.74, 6) is 0.381. The molecule has 0 amide bonds. The van der Waals surface area contributed by atoms with E-state index >= 15 is 0 Å². The third-order valence-corrected chi connectivity index (χ3v) is 3.92. The summed E-state index contributed by atoms with van der Waals surface area (Å²) in [6.07, 6.45) is -0.416. The number of nitrogens with two attached hydrogens (primary N) is 1. The first kappa shape index (κ1) is 15.8. The Morgan fingerprint density at radius 3 is 2.29 bits per heavy atom. The maximum absolute atomic E-state index is 13.4. The van der Waals surface area contributed by atoms with Gasteiger partial charge in [0.25, 0.3) is 0 Å². The van der Waals surface area contributed by atoms with Crippen LogP contribution >= 0.6 is 11.6 Å². The highest BCUT2D eigenvalue weighted by Gasteiger charge is 2.19. The van der Waals surface area contributed by atoms with Crippen LogP contribution in [-0.2, 0) is 0 Å². The van der Waals surface area contributed by atoms with Gasteiger partial charge < -0.3 is 10.5 Å². The monoisotopic (exact) mass is 307 g/mol. The fraction of sp³-hybridized carbons (Fsp3) is 0.294. The van der Waals surface area contributed by atoms with Gasteiger partial charge >= 0.3 is 0 Å². The predicted molar refractivity (Wildman–Crippen MR) is 84.3 cm³/mol. The maximum Gasteiger partial charge on any atom is 0.139 e. The summed E-state index contributed by atoms with van der Waals surface area (Å²) in [5, 5.41) is 0.727. The lowest BCUT2D eigenvalue weighted by Gasteiger charge is -2.23. The highest BCUT2D eigenvalue weighted by Crippen LogP contribution is 2.30. The average molecular weight is 308 g/mol. The van der Waals surface area contributed by atoms with Gasteiger partial charge in [0, 0.05) is 11.1 Å². The maximum atomic E-state index is 13.4. The second kappa shape index (κ2) is 6.46. The molecule has 0 aliphatic rings. The number of rotatable bonds is 4. The van der Waals surface area contributed by atoms with Gasteiger partial charge in [0.15, 0.2) is 0 Å².